The minimum atomic E-state index is -0.0274. The van der Waals surface area contributed by atoms with Crippen LogP contribution in [0, 0.1) is 0 Å². The Morgan fingerprint density at radius 2 is 2.03 bits per heavy atom. The van der Waals surface area contributed by atoms with Crippen molar-refractivity contribution in [1.29, 1.82) is 0 Å². The van der Waals surface area contributed by atoms with E-state index in [1.807, 2.05) is 25.1 Å². The number of amides is 1. The standard InChI is InChI=1S/C23H27N3O2S2/c1-15(12-13-16-8-4-3-5-9-16)24-19(27)14-29-23-25-21-20(22(28)26(23)2)17-10-6-7-11-18(17)30-21/h3-5,8-9,15H,6-7,10-14H2,1-2H3,(H,24,27). The lowest BCUT2D eigenvalue weighted by molar-refractivity contribution is -0.119. The van der Waals surface area contributed by atoms with Gasteiger partial charge in [-0.05, 0) is 56.6 Å². The molecule has 0 saturated carbocycles. The maximum absolute atomic E-state index is 12.9. The Bertz CT molecular complexity index is 1110. The van der Waals surface area contributed by atoms with Gasteiger partial charge in [0.15, 0.2) is 5.16 Å². The summed E-state index contributed by atoms with van der Waals surface area (Å²) in [5, 5.41) is 4.46. The number of nitrogens with one attached hydrogen (secondary N) is 1. The van der Waals surface area contributed by atoms with Crippen molar-refractivity contribution in [3.63, 3.8) is 0 Å². The lowest BCUT2D eigenvalue weighted by Crippen LogP contribution is -2.34. The molecule has 158 valence electrons. The van der Waals surface area contributed by atoms with Crippen LogP contribution in [0.5, 0.6) is 0 Å². The largest absolute Gasteiger partial charge is 0.353 e. The van der Waals surface area contributed by atoms with Crippen molar-refractivity contribution in [2.75, 3.05) is 5.75 Å². The molecule has 1 atom stereocenters. The van der Waals surface area contributed by atoms with E-state index in [9.17, 15) is 9.59 Å². The molecule has 0 aliphatic heterocycles. The van der Waals surface area contributed by atoms with Gasteiger partial charge in [0.25, 0.3) is 5.56 Å². The number of carbonyl (C=O) groups excluding carboxylic acids is 1. The van der Waals surface area contributed by atoms with Crippen LogP contribution in [0.15, 0.2) is 40.3 Å². The zero-order chi connectivity index (χ0) is 21.1. The average molecular weight is 442 g/mol. The number of benzene rings is 1. The fourth-order valence-electron chi connectivity index (χ4n) is 3.94. The molecule has 1 aromatic carbocycles. The minimum Gasteiger partial charge on any atom is -0.353 e. The van der Waals surface area contributed by atoms with Crippen LogP contribution < -0.4 is 10.9 Å². The second kappa shape index (κ2) is 9.35. The molecule has 30 heavy (non-hydrogen) atoms. The van der Waals surface area contributed by atoms with Gasteiger partial charge >= 0.3 is 0 Å². The summed E-state index contributed by atoms with van der Waals surface area (Å²) in [5.41, 5.74) is 2.49. The first kappa shape index (κ1) is 21.1. The Labute approximate surface area is 184 Å². The molecule has 1 unspecified atom stereocenters. The molecule has 7 heteroatoms. The van der Waals surface area contributed by atoms with Crippen molar-refractivity contribution in [2.24, 2.45) is 7.05 Å². The molecule has 0 radical (unpaired) electrons. The van der Waals surface area contributed by atoms with Gasteiger partial charge in [0.2, 0.25) is 5.91 Å². The molecule has 0 fully saturated rings. The van der Waals surface area contributed by atoms with Crippen LogP contribution in [0.2, 0.25) is 0 Å². The monoisotopic (exact) mass is 441 g/mol. The number of nitrogens with zero attached hydrogens (tertiary/aromatic N) is 2. The molecule has 1 amide bonds. The van der Waals surface area contributed by atoms with Gasteiger partial charge in [0.05, 0.1) is 11.1 Å². The number of aromatic nitrogens is 2. The Morgan fingerprint density at radius 1 is 1.27 bits per heavy atom. The van der Waals surface area contributed by atoms with Gasteiger partial charge in [-0.1, -0.05) is 42.1 Å². The number of hydrogen-bond acceptors (Lipinski definition) is 5. The molecule has 0 saturated heterocycles. The van der Waals surface area contributed by atoms with E-state index in [1.165, 1.54) is 34.2 Å². The van der Waals surface area contributed by atoms with E-state index in [-0.39, 0.29) is 23.3 Å². The lowest BCUT2D eigenvalue weighted by atomic mass is 9.97. The number of carbonyl (C=O) groups is 1. The van der Waals surface area contributed by atoms with Gasteiger partial charge in [0, 0.05) is 18.0 Å². The molecule has 1 aliphatic carbocycles. The van der Waals surface area contributed by atoms with Crippen LogP contribution in [-0.4, -0.2) is 27.3 Å². The SMILES string of the molecule is CC(CCc1ccccc1)NC(=O)CSc1nc2sc3c(c2c(=O)n1C)CCCC3. The molecular formula is C23H27N3O2S2. The summed E-state index contributed by atoms with van der Waals surface area (Å²) in [5.74, 6) is 0.229. The fraction of sp³-hybridized carbons (Fsp3) is 0.435. The van der Waals surface area contributed by atoms with Gasteiger partial charge in [-0.3, -0.25) is 14.2 Å². The van der Waals surface area contributed by atoms with E-state index in [0.29, 0.717) is 5.16 Å². The summed E-state index contributed by atoms with van der Waals surface area (Å²) in [4.78, 5) is 32.2. The number of rotatable bonds is 7. The Morgan fingerprint density at radius 3 is 2.83 bits per heavy atom. The van der Waals surface area contributed by atoms with E-state index in [4.69, 9.17) is 4.98 Å². The third-order valence-electron chi connectivity index (χ3n) is 5.60. The third kappa shape index (κ3) is 4.62. The number of hydrogen-bond donors (Lipinski definition) is 1. The second-order valence-corrected chi connectivity index (χ2v) is 9.96. The molecule has 1 aliphatic rings. The first-order chi connectivity index (χ1) is 14.5. The van der Waals surface area contributed by atoms with E-state index < -0.39 is 0 Å². The summed E-state index contributed by atoms with van der Waals surface area (Å²) >= 11 is 2.98. The van der Waals surface area contributed by atoms with E-state index in [2.05, 4.69) is 17.4 Å². The molecule has 3 aromatic rings. The maximum Gasteiger partial charge on any atom is 0.262 e. The van der Waals surface area contributed by atoms with Crippen molar-refractivity contribution in [3.05, 3.63) is 56.7 Å². The lowest BCUT2D eigenvalue weighted by Gasteiger charge is -2.14. The van der Waals surface area contributed by atoms with E-state index in [0.717, 1.165) is 42.3 Å². The summed E-state index contributed by atoms with van der Waals surface area (Å²) in [6.07, 6.45) is 6.17. The predicted molar refractivity (Wildman–Crippen MR) is 125 cm³/mol. The zero-order valence-corrected chi connectivity index (χ0v) is 19.1. The zero-order valence-electron chi connectivity index (χ0n) is 17.4. The second-order valence-electron chi connectivity index (χ2n) is 7.93. The Kier molecular flexibility index (Phi) is 6.58. The summed E-state index contributed by atoms with van der Waals surface area (Å²) < 4.78 is 1.60. The normalized spacial score (nSPS) is 14.5. The van der Waals surface area contributed by atoms with Crippen molar-refractivity contribution in [1.82, 2.24) is 14.9 Å². The van der Waals surface area contributed by atoms with Gasteiger partial charge < -0.3 is 5.32 Å². The number of thioether (sulfide) groups is 1. The van der Waals surface area contributed by atoms with Crippen molar-refractivity contribution >= 4 is 39.2 Å². The van der Waals surface area contributed by atoms with Crippen LogP contribution in [0.3, 0.4) is 0 Å². The Hall–Kier alpha value is -2.12. The van der Waals surface area contributed by atoms with Gasteiger partial charge in [-0.15, -0.1) is 11.3 Å². The third-order valence-corrected chi connectivity index (χ3v) is 7.82. The molecule has 2 aromatic heterocycles. The first-order valence-corrected chi connectivity index (χ1v) is 12.3. The number of aryl methyl sites for hydroxylation is 3. The number of fused-ring (bicyclic) bond motifs is 3. The molecular weight excluding hydrogens is 414 g/mol. The van der Waals surface area contributed by atoms with Crippen molar-refractivity contribution in [2.45, 2.75) is 56.6 Å². The topological polar surface area (TPSA) is 64.0 Å². The molecule has 1 N–H and O–H groups in total. The average Bonchev–Trinajstić information content (AvgIpc) is 3.13. The maximum atomic E-state index is 12.9. The van der Waals surface area contributed by atoms with Crippen LogP contribution in [-0.2, 0) is 31.1 Å². The quantitative estimate of drug-likeness (QED) is 0.443. The smallest absolute Gasteiger partial charge is 0.262 e. The number of thiophene rings is 1. The van der Waals surface area contributed by atoms with Gasteiger partial charge in [-0.25, -0.2) is 4.98 Å². The van der Waals surface area contributed by atoms with Crippen LogP contribution in [0.25, 0.3) is 10.2 Å². The van der Waals surface area contributed by atoms with Crippen LogP contribution in [0.1, 0.15) is 42.2 Å². The minimum absolute atomic E-state index is 0.0125. The highest BCUT2D eigenvalue weighted by atomic mass is 32.2. The van der Waals surface area contributed by atoms with E-state index >= 15 is 0 Å². The highest BCUT2D eigenvalue weighted by Gasteiger charge is 2.21. The predicted octanol–water partition coefficient (Wildman–Crippen LogP) is 4.10. The van der Waals surface area contributed by atoms with E-state index in [1.54, 1.807) is 23.0 Å². The highest BCUT2D eigenvalue weighted by molar-refractivity contribution is 7.99. The molecule has 0 spiro atoms. The summed E-state index contributed by atoms with van der Waals surface area (Å²) in [6.45, 7) is 2.03. The van der Waals surface area contributed by atoms with Crippen molar-refractivity contribution in [3.8, 4) is 0 Å². The highest BCUT2D eigenvalue weighted by Crippen LogP contribution is 2.34. The first-order valence-electron chi connectivity index (χ1n) is 10.5. The van der Waals surface area contributed by atoms with Crippen LogP contribution in [0.4, 0.5) is 0 Å². The fourth-order valence-corrected chi connectivity index (χ4v) is 6.03. The molecule has 2 heterocycles. The molecule has 5 nitrogen and oxygen atoms in total. The molecule has 0 bridgehead atoms. The van der Waals surface area contributed by atoms with Crippen LogP contribution >= 0.6 is 23.1 Å². The van der Waals surface area contributed by atoms with Gasteiger partial charge in [0.1, 0.15) is 4.83 Å². The van der Waals surface area contributed by atoms with Crippen molar-refractivity contribution < 1.29 is 4.79 Å². The van der Waals surface area contributed by atoms with Gasteiger partial charge in [-0.2, -0.15) is 0 Å². The summed E-state index contributed by atoms with van der Waals surface area (Å²) in [7, 11) is 1.75. The Balaban J connectivity index is 1.37. The molecule has 4 rings (SSSR count). The summed E-state index contributed by atoms with van der Waals surface area (Å²) in [6, 6.07) is 10.4.